The summed E-state index contributed by atoms with van der Waals surface area (Å²) in [6.07, 6.45) is 0. The van der Waals surface area contributed by atoms with Gasteiger partial charge in [0.05, 0.1) is 3.74 Å². The van der Waals surface area contributed by atoms with Crippen molar-refractivity contribution >= 4 is 37.7 Å². The van der Waals surface area contributed by atoms with Crippen LogP contribution in [0.25, 0.3) is 11.1 Å². The zero-order valence-corrected chi connectivity index (χ0v) is 13.2. The summed E-state index contributed by atoms with van der Waals surface area (Å²) >= 11 is 6.95. The zero-order chi connectivity index (χ0) is 13.8. The van der Waals surface area contributed by atoms with Crippen molar-refractivity contribution < 1.29 is 0 Å². The molecule has 2 aromatic rings. The lowest BCUT2D eigenvalue weighted by Gasteiger charge is -2.10. The van der Waals surface area contributed by atoms with E-state index in [-0.39, 0.29) is 3.74 Å². The van der Waals surface area contributed by atoms with Crippen molar-refractivity contribution in [3.8, 4) is 11.1 Å². The topological polar surface area (TPSA) is 64.4 Å². The molecule has 2 aromatic carbocycles. The first-order valence-corrected chi connectivity index (χ1v) is 7.48. The molecule has 98 valence electrons. The number of nitrogens with two attached hydrogens (primary N) is 2. The van der Waals surface area contributed by atoms with E-state index in [1.54, 1.807) is 0 Å². The van der Waals surface area contributed by atoms with E-state index in [2.05, 4.69) is 49.1 Å². The molecule has 0 heterocycles. The maximum atomic E-state index is 5.82. The molecule has 3 nitrogen and oxygen atoms in total. The molecule has 0 bridgehead atoms. The second kappa shape index (κ2) is 6.21. The summed E-state index contributed by atoms with van der Waals surface area (Å²) in [7, 11) is 0. The monoisotopic (exact) mass is 381 g/mol. The van der Waals surface area contributed by atoms with Crippen LogP contribution >= 0.6 is 31.9 Å². The van der Waals surface area contributed by atoms with E-state index < -0.39 is 0 Å². The second-order valence-corrected chi connectivity index (χ2v) is 7.04. The Morgan fingerprint density at radius 3 is 2.21 bits per heavy atom. The SMILES string of the molecule is NN=C(N)c1ccccc1-c1ccc(C(Br)Br)cc1. The van der Waals surface area contributed by atoms with Crippen LogP contribution in [0, 0.1) is 0 Å². The highest BCUT2D eigenvalue weighted by Gasteiger charge is 2.08. The highest BCUT2D eigenvalue weighted by atomic mass is 79.9. The van der Waals surface area contributed by atoms with Gasteiger partial charge in [-0.2, -0.15) is 5.10 Å². The smallest absolute Gasteiger partial charge is 0.150 e. The molecule has 0 spiro atoms. The van der Waals surface area contributed by atoms with Gasteiger partial charge in [0.15, 0.2) is 5.84 Å². The molecule has 19 heavy (non-hydrogen) atoms. The van der Waals surface area contributed by atoms with E-state index in [1.807, 2.05) is 36.4 Å². The van der Waals surface area contributed by atoms with Crippen LogP contribution < -0.4 is 11.6 Å². The van der Waals surface area contributed by atoms with E-state index >= 15 is 0 Å². The molecule has 0 saturated heterocycles. The van der Waals surface area contributed by atoms with Crippen LogP contribution in [0.5, 0.6) is 0 Å². The van der Waals surface area contributed by atoms with Gasteiger partial charge in [-0.25, -0.2) is 0 Å². The lowest BCUT2D eigenvalue weighted by Crippen LogP contribution is -2.16. The Labute approximate surface area is 128 Å². The van der Waals surface area contributed by atoms with Crippen molar-refractivity contribution in [1.29, 1.82) is 0 Å². The number of amidine groups is 1. The maximum absolute atomic E-state index is 5.82. The second-order valence-electron chi connectivity index (χ2n) is 3.98. The van der Waals surface area contributed by atoms with Crippen molar-refractivity contribution in [1.82, 2.24) is 0 Å². The average molecular weight is 383 g/mol. The lowest BCUT2D eigenvalue weighted by molar-refractivity contribution is 1.23. The fourth-order valence-electron chi connectivity index (χ4n) is 1.84. The normalized spacial score (nSPS) is 11.8. The molecule has 0 unspecified atom stereocenters. The molecule has 4 N–H and O–H groups in total. The van der Waals surface area contributed by atoms with Gasteiger partial charge in [0.2, 0.25) is 0 Å². The van der Waals surface area contributed by atoms with E-state index in [0.29, 0.717) is 5.84 Å². The molecule has 0 aliphatic carbocycles. The van der Waals surface area contributed by atoms with Gasteiger partial charge in [0.25, 0.3) is 0 Å². The Balaban J connectivity index is 2.47. The molecule has 0 aliphatic heterocycles. The third-order valence-corrected chi connectivity index (χ3v) is 3.87. The molecular formula is C14H13Br2N3. The van der Waals surface area contributed by atoms with Crippen LogP contribution in [0.2, 0.25) is 0 Å². The Kier molecular flexibility index (Phi) is 4.61. The number of halogens is 2. The molecule has 0 aliphatic rings. The van der Waals surface area contributed by atoms with E-state index in [1.165, 1.54) is 0 Å². The number of rotatable bonds is 3. The van der Waals surface area contributed by atoms with Crippen LogP contribution in [-0.2, 0) is 0 Å². The van der Waals surface area contributed by atoms with Crippen molar-refractivity contribution in [3.05, 3.63) is 59.7 Å². The Hall–Kier alpha value is -1.33. The lowest BCUT2D eigenvalue weighted by atomic mass is 9.98. The van der Waals surface area contributed by atoms with Crippen LogP contribution in [-0.4, -0.2) is 5.84 Å². The first-order chi connectivity index (χ1) is 9.13. The van der Waals surface area contributed by atoms with Crippen LogP contribution in [0.1, 0.15) is 14.9 Å². The quantitative estimate of drug-likeness (QED) is 0.279. The number of alkyl halides is 2. The first-order valence-electron chi connectivity index (χ1n) is 5.64. The third-order valence-electron chi connectivity index (χ3n) is 2.82. The minimum absolute atomic E-state index is 0.153. The zero-order valence-electron chi connectivity index (χ0n) is 10.1. The largest absolute Gasteiger partial charge is 0.382 e. The predicted octanol–water partition coefficient (Wildman–Crippen LogP) is 3.72. The Morgan fingerprint density at radius 2 is 1.63 bits per heavy atom. The van der Waals surface area contributed by atoms with E-state index in [0.717, 1.165) is 22.3 Å². The Bertz CT molecular complexity index is 592. The molecule has 5 heteroatoms. The van der Waals surface area contributed by atoms with Gasteiger partial charge in [-0.05, 0) is 16.7 Å². The van der Waals surface area contributed by atoms with Gasteiger partial charge in [-0.1, -0.05) is 80.4 Å². The first kappa shape index (κ1) is 14.1. The molecular weight excluding hydrogens is 370 g/mol. The van der Waals surface area contributed by atoms with Gasteiger partial charge in [0, 0.05) is 5.56 Å². The molecule has 0 amide bonds. The molecule has 2 rings (SSSR count). The van der Waals surface area contributed by atoms with Crippen LogP contribution in [0.15, 0.2) is 53.6 Å². The van der Waals surface area contributed by atoms with Crippen molar-refractivity contribution in [2.75, 3.05) is 0 Å². The molecule has 0 fully saturated rings. The predicted molar refractivity (Wildman–Crippen MR) is 87.4 cm³/mol. The fourth-order valence-corrected chi connectivity index (χ4v) is 2.45. The number of nitrogens with zero attached hydrogens (tertiary/aromatic N) is 1. The minimum atomic E-state index is 0.153. The van der Waals surface area contributed by atoms with E-state index in [4.69, 9.17) is 11.6 Å². The number of hydrogen-bond donors (Lipinski definition) is 2. The molecule has 0 aromatic heterocycles. The van der Waals surface area contributed by atoms with Crippen molar-refractivity contribution in [3.63, 3.8) is 0 Å². The minimum Gasteiger partial charge on any atom is -0.382 e. The number of benzene rings is 2. The highest BCUT2D eigenvalue weighted by Crippen LogP contribution is 2.31. The molecule has 0 radical (unpaired) electrons. The average Bonchev–Trinajstić information content (AvgIpc) is 2.46. The molecule has 0 saturated carbocycles. The Morgan fingerprint density at radius 1 is 1.00 bits per heavy atom. The molecule has 0 atom stereocenters. The summed E-state index contributed by atoms with van der Waals surface area (Å²) in [5, 5.41) is 3.57. The number of hydrogen-bond acceptors (Lipinski definition) is 2. The van der Waals surface area contributed by atoms with Gasteiger partial charge >= 0.3 is 0 Å². The summed E-state index contributed by atoms with van der Waals surface area (Å²) < 4.78 is 0.153. The third kappa shape index (κ3) is 3.16. The van der Waals surface area contributed by atoms with E-state index in [9.17, 15) is 0 Å². The summed E-state index contributed by atoms with van der Waals surface area (Å²) in [6, 6.07) is 16.0. The van der Waals surface area contributed by atoms with Crippen LogP contribution in [0.4, 0.5) is 0 Å². The standard InChI is InChI=1S/C14H13Br2N3/c15-13(16)10-7-5-9(6-8-10)11-3-1-2-4-12(11)14(17)19-18/h1-8,13H,18H2,(H2,17,19). The number of hydrazone groups is 1. The highest BCUT2D eigenvalue weighted by molar-refractivity contribution is 9.24. The summed E-state index contributed by atoms with van der Waals surface area (Å²) in [4.78, 5) is 0. The van der Waals surface area contributed by atoms with Gasteiger partial charge in [0.1, 0.15) is 0 Å². The fraction of sp³-hybridized carbons (Fsp3) is 0.0714. The van der Waals surface area contributed by atoms with Crippen molar-refractivity contribution in [2.45, 2.75) is 3.74 Å². The summed E-state index contributed by atoms with van der Waals surface area (Å²) in [6.45, 7) is 0. The summed E-state index contributed by atoms with van der Waals surface area (Å²) in [5.74, 6) is 5.60. The van der Waals surface area contributed by atoms with Gasteiger partial charge in [-0.15, -0.1) is 0 Å². The van der Waals surface area contributed by atoms with Crippen molar-refractivity contribution in [2.24, 2.45) is 16.7 Å². The maximum Gasteiger partial charge on any atom is 0.150 e. The van der Waals surface area contributed by atoms with Gasteiger partial charge in [-0.3, -0.25) is 0 Å². The summed E-state index contributed by atoms with van der Waals surface area (Å²) in [5.41, 5.74) is 9.91. The van der Waals surface area contributed by atoms with Gasteiger partial charge < -0.3 is 11.6 Å². The van der Waals surface area contributed by atoms with Crippen LogP contribution in [0.3, 0.4) is 0 Å².